The summed E-state index contributed by atoms with van der Waals surface area (Å²) in [6.07, 6.45) is 0. The van der Waals surface area contributed by atoms with E-state index in [4.69, 9.17) is 0 Å². The van der Waals surface area contributed by atoms with E-state index < -0.39 is 0 Å². The fourth-order valence-corrected chi connectivity index (χ4v) is 14.8. The standard InChI is InChI=1S/C69H55B4N7/c1-47-52-33-17-18-34-61(52)77(48-25-9-5-10-26-48)70(47)57-45-58(71-74(2)62-35-19-22-38-65(62)78(71)49-27-11-6-12-28-49)54-43-44-56-60(73-76(4)64-37-21-24-40-67(64)80(73)51-31-15-8-16-32-51)46-59(55-42-41-53(57)68(54)69(55)56)72-75(3)63-36-20-23-39-66(63)79(72)50-29-13-7-14-30-50/h5-47H,1-4H3. The average molecular weight is 1030 g/mol. The first-order chi connectivity index (χ1) is 39.4. The molecule has 4 heterocycles. The van der Waals surface area contributed by atoms with Gasteiger partial charge >= 0.3 is 27.8 Å². The Morgan fingerprint density at radius 3 is 0.912 bits per heavy atom. The lowest BCUT2D eigenvalue weighted by Crippen LogP contribution is -2.58. The van der Waals surface area contributed by atoms with Crippen LogP contribution in [-0.2, 0) is 0 Å². The van der Waals surface area contributed by atoms with E-state index in [1.807, 2.05) is 0 Å². The molecule has 0 spiro atoms. The van der Waals surface area contributed by atoms with E-state index >= 15 is 0 Å². The monoisotopic (exact) mass is 1030 g/mol. The van der Waals surface area contributed by atoms with E-state index in [9.17, 15) is 0 Å². The molecule has 4 aliphatic rings. The van der Waals surface area contributed by atoms with Crippen molar-refractivity contribution in [2.45, 2.75) is 12.7 Å². The molecule has 1 atom stereocenters. The fraction of sp³-hybridized carbons (Fsp3) is 0.0725. The van der Waals surface area contributed by atoms with Crippen LogP contribution in [0, 0.1) is 0 Å². The smallest absolute Gasteiger partial charge is 0.393 e. The second-order valence-electron chi connectivity index (χ2n) is 22.2. The predicted molar refractivity (Wildman–Crippen MR) is 345 cm³/mol. The van der Waals surface area contributed by atoms with Crippen molar-refractivity contribution in [1.82, 2.24) is 0 Å². The fourth-order valence-electron chi connectivity index (χ4n) is 14.8. The molecule has 0 saturated heterocycles. The molecule has 7 nitrogen and oxygen atoms in total. The quantitative estimate of drug-likeness (QED) is 0.110. The topological polar surface area (TPSA) is 22.7 Å². The van der Waals surface area contributed by atoms with E-state index in [-0.39, 0.29) is 33.6 Å². The second-order valence-corrected chi connectivity index (χ2v) is 22.2. The summed E-state index contributed by atoms with van der Waals surface area (Å²) in [5.41, 5.74) is 19.6. The van der Waals surface area contributed by atoms with Crippen molar-refractivity contribution in [2.75, 3.05) is 54.8 Å². The Labute approximate surface area is 469 Å². The van der Waals surface area contributed by atoms with Gasteiger partial charge in [0.25, 0.3) is 0 Å². The maximum Gasteiger partial charge on any atom is 0.416 e. The lowest BCUT2D eigenvalue weighted by atomic mass is 9.44. The molecule has 0 aromatic heterocycles. The van der Waals surface area contributed by atoms with Gasteiger partial charge in [0, 0.05) is 45.5 Å². The number of para-hydroxylation sites is 11. The molecule has 0 saturated carbocycles. The first-order valence-electron chi connectivity index (χ1n) is 28.1. The van der Waals surface area contributed by atoms with E-state index in [0.717, 1.165) is 17.1 Å². The summed E-state index contributed by atoms with van der Waals surface area (Å²) in [6.45, 7) is 1.89. The summed E-state index contributed by atoms with van der Waals surface area (Å²) in [5.74, 6) is 0.169. The molecule has 0 aliphatic carbocycles. The number of benzene rings is 12. The third-order valence-corrected chi connectivity index (χ3v) is 18.2. The molecule has 378 valence electrons. The van der Waals surface area contributed by atoms with Gasteiger partial charge in [0.05, 0.1) is 17.1 Å². The van der Waals surface area contributed by atoms with Gasteiger partial charge in [-0.1, -0.05) is 171 Å². The Balaban J connectivity index is 1.05. The van der Waals surface area contributed by atoms with Crippen molar-refractivity contribution < 1.29 is 0 Å². The summed E-state index contributed by atoms with van der Waals surface area (Å²) in [4.78, 5) is 17.9. The Kier molecular flexibility index (Phi) is 10.5. The molecule has 11 heteroatoms. The molecule has 1 unspecified atom stereocenters. The van der Waals surface area contributed by atoms with Gasteiger partial charge in [-0.25, -0.2) is 0 Å². The summed E-state index contributed by atoms with van der Waals surface area (Å²) in [6, 6.07) is 95.2. The van der Waals surface area contributed by atoms with Crippen LogP contribution in [0.5, 0.6) is 0 Å². The van der Waals surface area contributed by atoms with Gasteiger partial charge in [-0.3, -0.25) is 0 Å². The van der Waals surface area contributed by atoms with Gasteiger partial charge in [0.15, 0.2) is 0 Å². The SMILES string of the molecule is CC1B(c2cc(B3N(C)c4ccccc4N3c3ccccc3)c3ccc4c(B5N(C)c6ccccc6N5c5ccccc5)cc(B5N(C)c6ccccc6N5c5ccccc5)c5ccc2c3c54)N(c2ccccc2)c2ccccc21. The largest absolute Gasteiger partial charge is 0.416 e. The molecule has 0 bridgehead atoms. The first-order valence-corrected chi connectivity index (χ1v) is 28.1. The molecule has 80 heavy (non-hydrogen) atoms. The molecular formula is C69H55B4N7. The molecule has 0 radical (unpaired) electrons. The first kappa shape index (κ1) is 46.6. The zero-order valence-electron chi connectivity index (χ0n) is 45.3. The molecule has 12 aromatic carbocycles. The van der Waals surface area contributed by atoms with E-state index in [2.05, 4.69) is 317 Å². The number of nitrogens with zero attached hydrogens (tertiary/aromatic N) is 7. The average Bonchev–Trinajstić information content (AvgIpc) is 4.37. The van der Waals surface area contributed by atoms with Crippen LogP contribution in [0.15, 0.2) is 255 Å². The lowest BCUT2D eigenvalue weighted by Gasteiger charge is -2.34. The summed E-state index contributed by atoms with van der Waals surface area (Å²) < 4.78 is 0. The van der Waals surface area contributed by atoms with Crippen LogP contribution < -0.4 is 55.5 Å². The van der Waals surface area contributed by atoms with Crippen LogP contribution in [0.4, 0.5) is 62.6 Å². The van der Waals surface area contributed by atoms with Gasteiger partial charge in [0.2, 0.25) is 0 Å². The van der Waals surface area contributed by atoms with Gasteiger partial charge < -0.3 is 33.7 Å². The van der Waals surface area contributed by atoms with Crippen molar-refractivity contribution in [1.29, 1.82) is 0 Å². The van der Waals surface area contributed by atoms with Crippen LogP contribution in [0.3, 0.4) is 0 Å². The lowest BCUT2D eigenvalue weighted by molar-refractivity contribution is 1.08. The number of rotatable bonds is 8. The molecular weight excluding hydrogens is 970 g/mol. The molecule has 0 amide bonds. The highest BCUT2D eigenvalue weighted by Crippen LogP contribution is 2.49. The van der Waals surface area contributed by atoms with Gasteiger partial charge in [-0.15, -0.1) is 0 Å². The number of hydrogen-bond acceptors (Lipinski definition) is 7. The third kappa shape index (κ3) is 6.67. The Bertz CT molecular complexity index is 3810. The molecule has 12 aromatic rings. The Hall–Kier alpha value is -9.46. The van der Waals surface area contributed by atoms with Crippen molar-refractivity contribution in [3.05, 3.63) is 260 Å². The maximum absolute atomic E-state index is 2.64. The molecule has 16 rings (SSSR count). The van der Waals surface area contributed by atoms with E-state index in [1.54, 1.807) is 0 Å². The van der Waals surface area contributed by atoms with Gasteiger partial charge in [-0.2, -0.15) is 0 Å². The Morgan fingerprint density at radius 2 is 0.550 bits per heavy atom. The van der Waals surface area contributed by atoms with Gasteiger partial charge in [-0.05, 0) is 178 Å². The number of hydrogen-bond donors (Lipinski definition) is 0. The zero-order valence-corrected chi connectivity index (χ0v) is 45.3. The van der Waals surface area contributed by atoms with E-state index in [1.165, 1.54) is 105 Å². The van der Waals surface area contributed by atoms with Crippen molar-refractivity contribution >= 4 is 145 Å². The van der Waals surface area contributed by atoms with Crippen LogP contribution in [-0.4, -0.2) is 48.9 Å². The Morgan fingerprint density at radius 1 is 0.275 bits per heavy atom. The van der Waals surface area contributed by atoms with Gasteiger partial charge in [0.1, 0.15) is 0 Å². The highest BCUT2D eigenvalue weighted by atomic mass is 15.3. The van der Waals surface area contributed by atoms with Crippen LogP contribution >= 0.6 is 0 Å². The number of fused-ring (bicyclic) bond motifs is 4. The molecule has 0 fully saturated rings. The van der Waals surface area contributed by atoms with Crippen LogP contribution in [0.1, 0.15) is 18.3 Å². The van der Waals surface area contributed by atoms with Crippen LogP contribution in [0.2, 0.25) is 0 Å². The highest BCUT2D eigenvalue weighted by molar-refractivity contribution is 6.90. The van der Waals surface area contributed by atoms with E-state index in [0.29, 0.717) is 0 Å². The summed E-state index contributed by atoms with van der Waals surface area (Å²) in [7, 11) is 6.87. The minimum absolute atomic E-state index is 0.0237. The number of anilines is 11. The highest BCUT2D eigenvalue weighted by Gasteiger charge is 2.49. The third-order valence-electron chi connectivity index (χ3n) is 18.2. The summed E-state index contributed by atoms with van der Waals surface area (Å²) >= 11 is 0. The molecule has 4 aliphatic heterocycles. The zero-order chi connectivity index (χ0) is 53.3. The predicted octanol–water partition coefficient (Wildman–Crippen LogP) is 13.2. The van der Waals surface area contributed by atoms with Crippen molar-refractivity contribution in [2.24, 2.45) is 0 Å². The van der Waals surface area contributed by atoms with Crippen LogP contribution in [0.25, 0.3) is 32.3 Å². The maximum atomic E-state index is 2.64. The normalized spacial score (nSPS) is 15.6. The summed E-state index contributed by atoms with van der Waals surface area (Å²) in [5, 5.41) is 7.65. The minimum Gasteiger partial charge on any atom is -0.393 e. The van der Waals surface area contributed by atoms with Crippen molar-refractivity contribution in [3.63, 3.8) is 0 Å². The second kappa shape index (κ2) is 18.0. The minimum atomic E-state index is -0.182. The molecule has 0 N–H and O–H groups in total. The van der Waals surface area contributed by atoms with Crippen molar-refractivity contribution in [3.8, 4) is 0 Å².